The van der Waals surface area contributed by atoms with E-state index in [1.54, 1.807) is 7.11 Å². The van der Waals surface area contributed by atoms with Crippen molar-refractivity contribution in [2.45, 2.75) is 31.8 Å². The summed E-state index contributed by atoms with van der Waals surface area (Å²) in [7, 11) is 1.67. The molecule has 2 unspecified atom stereocenters. The van der Waals surface area contributed by atoms with E-state index in [9.17, 15) is 5.11 Å². The fourth-order valence-electron chi connectivity index (χ4n) is 1.48. The van der Waals surface area contributed by atoms with Gasteiger partial charge in [-0.05, 0) is 18.8 Å². The smallest absolute Gasteiger partial charge is 0.0702 e. The molecule has 1 rings (SSSR count). The van der Waals surface area contributed by atoms with Crippen LogP contribution in [0.4, 0.5) is 0 Å². The van der Waals surface area contributed by atoms with Gasteiger partial charge in [-0.15, -0.1) is 0 Å². The fraction of sp³-hybridized carbons (Fsp3) is 1.00. The lowest BCUT2D eigenvalue weighted by Crippen LogP contribution is -2.13. The first-order valence-corrected chi connectivity index (χ1v) is 3.94. The van der Waals surface area contributed by atoms with Gasteiger partial charge in [0.05, 0.1) is 5.60 Å². The van der Waals surface area contributed by atoms with Gasteiger partial charge >= 0.3 is 0 Å². The Hall–Kier alpha value is -0.0800. The Bertz CT molecular complexity index is 114. The zero-order valence-corrected chi connectivity index (χ0v) is 6.76. The summed E-state index contributed by atoms with van der Waals surface area (Å²) in [6.45, 7) is 2.81. The van der Waals surface area contributed by atoms with Crippen LogP contribution in [0, 0.1) is 5.92 Å². The van der Waals surface area contributed by atoms with E-state index < -0.39 is 0 Å². The van der Waals surface area contributed by atoms with Crippen LogP contribution in [0.25, 0.3) is 0 Å². The van der Waals surface area contributed by atoms with Crippen LogP contribution >= 0.6 is 0 Å². The van der Waals surface area contributed by atoms with Gasteiger partial charge in [-0.1, -0.05) is 13.3 Å². The summed E-state index contributed by atoms with van der Waals surface area (Å²) in [6.07, 6.45) is 2.88. The Kier molecular flexibility index (Phi) is 2.32. The highest BCUT2D eigenvalue weighted by molar-refractivity contribution is 5.02. The molecule has 1 fully saturated rings. The van der Waals surface area contributed by atoms with E-state index in [0.29, 0.717) is 12.5 Å². The van der Waals surface area contributed by atoms with Gasteiger partial charge in [0.1, 0.15) is 0 Å². The van der Waals surface area contributed by atoms with Crippen molar-refractivity contribution < 1.29 is 9.84 Å². The van der Waals surface area contributed by atoms with Gasteiger partial charge in [0.2, 0.25) is 0 Å². The van der Waals surface area contributed by atoms with Crippen LogP contribution in [0.5, 0.6) is 0 Å². The van der Waals surface area contributed by atoms with Crippen molar-refractivity contribution in [1.82, 2.24) is 0 Å². The third-order valence-corrected chi connectivity index (χ3v) is 2.43. The first-order valence-electron chi connectivity index (χ1n) is 3.94. The maximum atomic E-state index is 9.64. The summed E-state index contributed by atoms with van der Waals surface area (Å²) in [6, 6.07) is 0. The molecule has 0 aromatic rings. The van der Waals surface area contributed by atoms with Gasteiger partial charge in [-0.25, -0.2) is 0 Å². The molecule has 0 aromatic carbocycles. The second kappa shape index (κ2) is 2.89. The Morgan fingerprint density at radius 2 is 2.40 bits per heavy atom. The predicted octanol–water partition coefficient (Wildman–Crippen LogP) is 1.18. The number of methoxy groups -OCH3 is 1. The molecular weight excluding hydrogens is 128 g/mol. The molecule has 0 bridgehead atoms. The molecule has 60 valence electrons. The normalized spacial score (nSPS) is 38.1. The molecule has 0 saturated heterocycles. The molecule has 1 aliphatic carbocycles. The quantitative estimate of drug-likeness (QED) is 0.642. The Morgan fingerprint density at radius 3 is 2.80 bits per heavy atom. The third kappa shape index (κ3) is 1.50. The van der Waals surface area contributed by atoms with E-state index >= 15 is 0 Å². The van der Waals surface area contributed by atoms with Gasteiger partial charge < -0.3 is 9.84 Å². The monoisotopic (exact) mass is 144 g/mol. The lowest BCUT2D eigenvalue weighted by atomic mass is 10.1. The van der Waals surface area contributed by atoms with E-state index in [2.05, 4.69) is 6.92 Å². The second-order valence-corrected chi connectivity index (χ2v) is 3.16. The van der Waals surface area contributed by atoms with E-state index in [4.69, 9.17) is 4.74 Å². The van der Waals surface area contributed by atoms with Crippen molar-refractivity contribution in [3.05, 3.63) is 0 Å². The first kappa shape index (κ1) is 8.02. The third-order valence-electron chi connectivity index (χ3n) is 2.43. The maximum Gasteiger partial charge on any atom is 0.0702 e. The molecule has 1 saturated carbocycles. The van der Waals surface area contributed by atoms with E-state index in [-0.39, 0.29) is 5.60 Å². The molecule has 2 nitrogen and oxygen atoms in total. The lowest BCUT2D eigenvalue weighted by Gasteiger charge is -2.07. The molecular formula is C8H16O2. The highest BCUT2D eigenvalue weighted by atomic mass is 16.5. The minimum Gasteiger partial charge on any atom is -0.389 e. The summed E-state index contributed by atoms with van der Waals surface area (Å²) >= 11 is 0. The molecule has 0 heterocycles. The van der Waals surface area contributed by atoms with Crippen molar-refractivity contribution in [3.63, 3.8) is 0 Å². The predicted molar refractivity (Wildman–Crippen MR) is 39.8 cm³/mol. The van der Waals surface area contributed by atoms with Crippen molar-refractivity contribution in [2.75, 3.05) is 13.7 Å². The number of ether oxygens (including phenoxy) is 1. The molecule has 0 aliphatic heterocycles. The summed E-state index contributed by atoms with van der Waals surface area (Å²) in [5, 5.41) is 9.64. The SMILES string of the molecule is CCC1CC1(O)CCOC. The molecule has 2 atom stereocenters. The summed E-state index contributed by atoms with van der Waals surface area (Å²) in [5.41, 5.74) is -0.356. The topological polar surface area (TPSA) is 29.5 Å². The van der Waals surface area contributed by atoms with Crippen LogP contribution in [0.15, 0.2) is 0 Å². The Labute approximate surface area is 62.2 Å². The molecule has 0 amide bonds. The maximum absolute atomic E-state index is 9.64. The van der Waals surface area contributed by atoms with Crippen LogP contribution in [0.1, 0.15) is 26.2 Å². The standard InChI is InChI=1S/C8H16O2/c1-3-7-6-8(7,9)4-5-10-2/h7,9H,3-6H2,1-2H3. The van der Waals surface area contributed by atoms with Crippen LogP contribution in [-0.2, 0) is 4.74 Å². The van der Waals surface area contributed by atoms with Gasteiger partial charge in [0.15, 0.2) is 0 Å². The van der Waals surface area contributed by atoms with Crippen LogP contribution in [0.3, 0.4) is 0 Å². The second-order valence-electron chi connectivity index (χ2n) is 3.16. The summed E-state index contributed by atoms with van der Waals surface area (Å²) in [5.74, 6) is 0.544. The van der Waals surface area contributed by atoms with Crippen molar-refractivity contribution in [3.8, 4) is 0 Å². The highest BCUT2D eigenvalue weighted by Crippen LogP contribution is 2.47. The summed E-state index contributed by atoms with van der Waals surface area (Å²) in [4.78, 5) is 0. The molecule has 1 aliphatic rings. The molecule has 0 spiro atoms. The van der Waals surface area contributed by atoms with E-state index in [1.807, 2.05) is 0 Å². The zero-order chi connectivity index (χ0) is 7.61. The van der Waals surface area contributed by atoms with Crippen LogP contribution < -0.4 is 0 Å². The van der Waals surface area contributed by atoms with E-state index in [0.717, 1.165) is 19.3 Å². The number of aliphatic hydroxyl groups is 1. The van der Waals surface area contributed by atoms with Crippen LogP contribution in [-0.4, -0.2) is 24.4 Å². The minimum atomic E-state index is -0.356. The largest absolute Gasteiger partial charge is 0.389 e. The lowest BCUT2D eigenvalue weighted by molar-refractivity contribution is 0.0790. The Balaban J connectivity index is 2.16. The molecule has 0 radical (unpaired) electrons. The van der Waals surface area contributed by atoms with E-state index in [1.165, 1.54) is 0 Å². The van der Waals surface area contributed by atoms with Gasteiger partial charge in [0, 0.05) is 13.7 Å². The first-order chi connectivity index (χ1) is 4.73. The molecule has 1 N–H and O–H groups in total. The zero-order valence-electron chi connectivity index (χ0n) is 6.76. The van der Waals surface area contributed by atoms with Crippen molar-refractivity contribution in [2.24, 2.45) is 5.92 Å². The minimum absolute atomic E-state index is 0.356. The number of rotatable bonds is 4. The number of hydrogen-bond acceptors (Lipinski definition) is 2. The van der Waals surface area contributed by atoms with Crippen molar-refractivity contribution in [1.29, 1.82) is 0 Å². The number of hydrogen-bond donors (Lipinski definition) is 1. The van der Waals surface area contributed by atoms with Crippen LogP contribution in [0.2, 0.25) is 0 Å². The molecule has 10 heavy (non-hydrogen) atoms. The molecule has 0 aromatic heterocycles. The highest BCUT2D eigenvalue weighted by Gasteiger charge is 2.50. The summed E-state index contributed by atoms with van der Waals surface area (Å²) < 4.78 is 4.89. The van der Waals surface area contributed by atoms with Gasteiger partial charge in [-0.3, -0.25) is 0 Å². The van der Waals surface area contributed by atoms with Gasteiger partial charge in [-0.2, -0.15) is 0 Å². The average Bonchev–Trinajstić information content (AvgIpc) is 2.59. The Morgan fingerprint density at radius 1 is 1.70 bits per heavy atom. The molecule has 2 heteroatoms. The van der Waals surface area contributed by atoms with Gasteiger partial charge in [0.25, 0.3) is 0 Å². The average molecular weight is 144 g/mol. The van der Waals surface area contributed by atoms with Crippen molar-refractivity contribution >= 4 is 0 Å². The fourth-order valence-corrected chi connectivity index (χ4v) is 1.48.